The van der Waals surface area contributed by atoms with Crippen molar-refractivity contribution in [3.63, 3.8) is 0 Å². The van der Waals surface area contributed by atoms with Crippen molar-refractivity contribution in [3.05, 3.63) is 30.2 Å². The molecule has 9 nitrogen and oxygen atoms in total. The predicted molar refractivity (Wildman–Crippen MR) is 132 cm³/mol. The van der Waals surface area contributed by atoms with Crippen LogP contribution in [-0.4, -0.2) is 75.8 Å². The first-order valence-corrected chi connectivity index (χ1v) is 12.4. The summed E-state index contributed by atoms with van der Waals surface area (Å²) in [7, 11) is -2.54. The van der Waals surface area contributed by atoms with Gasteiger partial charge in [0, 0.05) is 31.3 Å². The van der Waals surface area contributed by atoms with Gasteiger partial charge in [-0.05, 0) is 53.5 Å². The lowest BCUT2D eigenvalue weighted by atomic mass is 10.2. The Kier molecular flexibility index (Phi) is 18.3. The summed E-state index contributed by atoms with van der Waals surface area (Å²) in [4.78, 5) is 25.1. The van der Waals surface area contributed by atoms with Crippen LogP contribution >= 0.6 is 0 Å². The van der Waals surface area contributed by atoms with E-state index in [9.17, 15) is 31.2 Å². The topological polar surface area (TPSA) is 115 Å². The number of rotatable bonds is 7. The summed E-state index contributed by atoms with van der Waals surface area (Å²) in [6.45, 7) is 9.00. The summed E-state index contributed by atoms with van der Waals surface area (Å²) in [5, 5.41) is 2.43. The molecule has 208 valence electrons. The van der Waals surface area contributed by atoms with E-state index in [2.05, 4.69) is 10.3 Å². The number of alkyl carbamates (subject to hydrolysis) is 1. The number of halogens is 3. The molecule has 0 bridgehead atoms. The molecule has 0 unspecified atom stereocenters. The van der Waals surface area contributed by atoms with Crippen LogP contribution in [0, 0.1) is 0 Å². The Bertz CT molecular complexity index is 895. The predicted octanol–water partition coefficient (Wildman–Crippen LogP) is 4.39. The Labute approximate surface area is 212 Å². The smallest absolute Gasteiger partial charge is 0.407 e. The molecule has 1 aliphatic heterocycles. The monoisotopic (exact) mass is 541 g/mol. The number of sulfonamides is 1. The maximum absolute atomic E-state index is 13.0. The highest BCUT2D eigenvalue weighted by Gasteiger charge is 2.27. The van der Waals surface area contributed by atoms with Gasteiger partial charge in [-0.25, -0.2) is 22.6 Å². The van der Waals surface area contributed by atoms with Crippen LogP contribution in [0.4, 0.5) is 18.0 Å². The van der Waals surface area contributed by atoms with E-state index in [0.29, 0.717) is 33.8 Å². The fraction of sp³-hybridized carbons (Fsp3) is 0.609. The number of hydrogen-bond acceptors (Lipinski definition) is 7. The third-order valence-corrected chi connectivity index (χ3v) is 5.71. The van der Waals surface area contributed by atoms with Crippen molar-refractivity contribution in [1.29, 1.82) is 0 Å². The Morgan fingerprint density at radius 1 is 1.11 bits per heavy atom. The van der Waals surface area contributed by atoms with E-state index in [4.69, 9.17) is 9.47 Å². The second-order valence-electron chi connectivity index (χ2n) is 8.26. The van der Waals surface area contributed by atoms with Crippen LogP contribution in [-0.2, 0) is 19.6 Å². The maximum atomic E-state index is 13.0. The zero-order chi connectivity index (χ0) is 28.4. The first-order valence-electron chi connectivity index (χ1n) is 10.9. The van der Waals surface area contributed by atoms with Crippen LogP contribution in [0.2, 0.25) is 0 Å². The van der Waals surface area contributed by atoms with Crippen molar-refractivity contribution in [3.8, 4) is 5.88 Å². The van der Waals surface area contributed by atoms with E-state index < -0.39 is 21.7 Å². The first kappa shape index (κ1) is 35.5. The molecule has 0 atom stereocenters. The van der Waals surface area contributed by atoms with Gasteiger partial charge in [0.2, 0.25) is 15.9 Å². The molecule has 0 aromatic carbocycles. The summed E-state index contributed by atoms with van der Waals surface area (Å²) < 4.78 is 68.7. The van der Waals surface area contributed by atoms with Gasteiger partial charge < -0.3 is 19.6 Å². The number of carbonyl (C=O) groups excluding carboxylic acids is 2. The zero-order valence-corrected chi connectivity index (χ0v) is 22.8. The number of nitrogens with zero attached hydrogens (tertiary/aromatic N) is 2. The highest BCUT2D eigenvalue weighted by Crippen LogP contribution is 2.21. The van der Waals surface area contributed by atoms with E-state index in [1.165, 1.54) is 36.5 Å². The van der Waals surface area contributed by atoms with Gasteiger partial charge >= 0.3 is 6.09 Å². The SMILES string of the molecule is CC(C)(C)OC(=O)NC/C(=C\F)COc1ccc(S(=O)(=O)N2CCCC2)cn1.CC(C)=O.CF.CF. The largest absolute Gasteiger partial charge is 0.473 e. The van der Waals surface area contributed by atoms with Gasteiger partial charge in [0.15, 0.2) is 0 Å². The van der Waals surface area contributed by atoms with Crippen molar-refractivity contribution >= 4 is 21.9 Å². The molecule has 1 aromatic heterocycles. The molecular formula is C23H38F3N3O6S. The molecule has 36 heavy (non-hydrogen) atoms. The lowest BCUT2D eigenvalue weighted by Crippen LogP contribution is -2.34. The lowest BCUT2D eigenvalue weighted by Gasteiger charge is -2.20. The van der Waals surface area contributed by atoms with Gasteiger partial charge in [0.25, 0.3) is 0 Å². The molecular weight excluding hydrogens is 503 g/mol. The van der Waals surface area contributed by atoms with Crippen LogP contribution in [0.1, 0.15) is 47.5 Å². The second kappa shape index (κ2) is 18.6. The zero-order valence-electron chi connectivity index (χ0n) is 21.9. The summed E-state index contributed by atoms with van der Waals surface area (Å²) in [5.74, 6) is 0.317. The van der Waals surface area contributed by atoms with E-state index >= 15 is 0 Å². The molecule has 0 aliphatic carbocycles. The maximum Gasteiger partial charge on any atom is 0.407 e. The molecule has 1 aromatic rings. The molecule has 0 radical (unpaired) electrons. The average Bonchev–Trinajstić information content (AvgIpc) is 3.37. The lowest BCUT2D eigenvalue weighted by molar-refractivity contribution is -0.115. The van der Waals surface area contributed by atoms with Crippen molar-refractivity contribution in [2.24, 2.45) is 0 Å². The van der Waals surface area contributed by atoms with Crippen LogP contribution in [0.15, 0.2) is 35.1 Å². The van der Waals surface area contributed by atoms with Gasteiger partial charge in [-0.3, -0.25) is 8.78 Å². The quantitative estimate of drug-likeness (QED) is 0.544. The average molecular weight is 542 g/mol. The Hall–Kier alpha value is -2.67. The first-order chi connectivity index (χ1) is 16.8. The fourth-order valence-electron chi connectivity index (χ4n) is 2.47. The van der Waals surface area contributed by atoms with Crippen LogP contribution < -0.4 is 10.1 Å². The second-order valence-corrected chi connectivity index (χ2v) is 10.2. The van der Waals surface area contributed by atoms with E-state index in [1.54, 1.807) is 20.8 Å². The number of ether oxygens (including phenoxy) is 2. The Balaban J connectivity index is 0. The molecule has 13 heteroatoms. The summed E-state index contributed by atoms with van der Waals surface area (Å²) in [6.07, 6.45) is 2.60. The van der Waals surface area contributed by atoms with Crippen LogP contribution in [0.5, 0.6) is 5.88 Å². The van der Waals surface area contributed by atoms with Gasteiger partial charge in [0.1, 0.15) is 22.9 Å². The summed E-state index contributed by atoms with van der Waals surface area (Å²) in [6, 6.07) is 2.83. The molecule has 2 heterocycles. The number of pyridine rings is 1. The van der Waals surface area contributed by atoms with Crippen molar-refractivity contribution in [2.75, 3.05) is 40.6 Å². The van der Waals surface area contributed by atoms with Gasteiger partial charge in [0.05, 0.1) is 26.9 Å². The summed E-state index contributed by atoms with van der Waals surface area (Å²) in [5.41, 5.74) is -0.484. The van der Waals surface area contributed by atoms with E-state index in [-0.39, 0.29) is 35.3 Å². The molecule has 0 saturated carbocycles. The number of ketones is 1. The van der Waals surface area contributed by atoms with Gasteiger partial charge in [-0.1, -0.05) is 0 Å². The minimum atomic E-state index is -3.54. The fourth-order valence-corrected chi connectivity index (χ4v) is 3.93. The van der Waals surface area contributed by atoms with Crippen LogP contribution in [0.3, 0.4) is 0 Å². The van der Waals surface area contributed by atoms with Crippen molar-refractivity contribution < 1.29 is 40.7 Å². The molecule has 1 aliphatic rings. The molecule has 1 amide bonds. The van der Waals surface area contributed by atoms with Gasteiger partial charge in [-0.15, -0.1) is 0 Å². The number of Topliss-reactive ketones (excluding diaryl/α,β-unsaturated/α-hetero) is 1. The molecule has 2 rings (SSSR count). The number of amides is 1. The standard InChI is InChI=1S/C18H26FN3O5S.C3H6O.2CH3F/c1-18(2,3)27-17(23)21-11-14(10-19)13-26-16-7-6-15(12-20-16)28(24,25)22-8-4-5-9-22;1-3(2)4;2*1-2/h6-7,10,12H,4-5,8-9,11,13H2,1-3H3,(H,21,23);1-2H3;2*1H3/b14-10+;;;. The van der Waals surface area contributed by atoms with Crippen LogP contribution in [0.25, 0.3) is 0 Å². The number of alkyl halides is 2. The van der Waals surface area contributed by atoms with E-state index in [1.807, 2.05) is 0 Å². The Morgan fingerprint density at radius 2 is 1.64 bits per heavy atom. The normalized spacial score (nSPS) is 13.6. The number of aromatic nitrogens is 1. The van der Waals surface area contributed by atoms with E-state index in [0.717, 1.165) is 12.8 Å². The highest BCUT2D eigenvalue weighted by molar-refractivity contribution is 7.89. The minimum Gasteiger partial charge on any atom is -0.473 e. The molecule has 1 N–H and O–H groups in total. The Morgan fingerprint density at radius 3 is 2.06 bits per heavy atom. The van der Waals surface area contributed by atoms with Crippen molar-refractivity contribution in [1.82, 2.24) is 14.6 Å². The molecule has 1 saturated heterocycles. The third-order valence-electron chi connectivity index (χ3n) is 3.83. The van der Waals surface area contributed by atoms with Gasteiger partial charge in [-0.2, -0.15) is 4.31 Å². The minimum absolute atomic E-state index is 0.0904. The number of nitrogens with one attached hydrogen (secondary N) is 1. The summed E-state index contributed by atoms with van der Waals surface area (Å²) >= 11 is 0. The molecule has 0 spiro atoms. The third kappa shape index (κ3) is 15.4. The van der Waals surface area contributed by atoms with Crippen molar-refractivity contribution in [2.45, 2.75) is 58.0 Å². The molecule has 1 fully saturated rings. The number of hydrogen-bond donors (Lipinski definition) is 1. The number of carbonyl (C=O) groups is 2. The highest BCUT2D eigenvalue weighted by atomic mass is 32.2.